The molecule has 0 amide bonds. The molecule has 14 nitrogen and oxygen atoms in total. The van der Waals surface area contributed by atoms with Crippen molar-refractivity contribution < 1.29 is 37.9 Å². The summed E-state index contributed by atoms with van der Waals surface area (Å²) in [6, 6.07) is 27.3. The second-order valence-corrected chi connectivity index (χ2v) is 16.6. The average molecular weight is 978 g/mol. The highest BCUT2D eigenvalue weighted by Gasteiger charge is 2.23. The molecule has 2 N–H and O–H groups in total. The maximum atomic E-state index is 15.1. The first-order chi connectivity index (χ1) is 33.1. The van der Waals surface area contributed by atoms with Crippen molar-refractivity contribution in [3.63, 3.8) is 0 Å². The number of pyridine rings is 2. The van der Waals surface area contributed by atoms with Gasteiger partial charge in [0.2, 0.25) is 11.8 Å². The van der Waals surface area contributed by atoms with Gasteiger partial charge in [0.05, 0.1) is 63.1 Å². The standard InChI is InChI=1S/2C25H22ClFN4O3.CH4/c2*1-33-24-5-4-22(29-30-24)25(32)19-13-18(21(27)14-20(19)26)16-6-7-28-23-12-15(2-3-17(16)23)31-8-10-34-11-9-31;/h2*2-7,12-14,25,32H,8-11H2,1H3;1H4/t2*25-;/m10./s1. The summed E-state index contributed by atoms with van der Waals surface area (Å²) in [5.41, 5.74) is 6.72. The molecule has 0 unspecified atom stereocenters. The molecule has 2 saturated heterocycles. The molecule has 2 atom stereocenters. The lowest BCUT2D eigenvalue weighted by atomic mass is 9.96. The lowest BCUT2D eigenvalue weighted by molar-refractivity contribution is 0.122. The summed E-state index contributed by atoms with van der Waals surface area (Å²) in [5.74, 6) is -0.346. The highest BCUT2D eigenvalue weighted by Crippen LogP contribution is 2.39. The number of nitrogens with zero attached hydrogens (tertiary/aromatic N) is 8. The summed E-state index contributed by atoms with van der Waals surface area (Å²) >= 11 is 12.6. The average Bonchev–Trinajstić information content (AvgIpc) is 3.38. The van der Waals surface area contributed by atoms with Crippen LogP contribution in [0.15, 0.2) is 109 Å². The van der Waals surface area contributed by atoms with Crippen molar-refractivity contribution in [3.8, 4) is 34.0 Å². The topological polar surface area (TPSA) is 161 Å². The van der Waals surface area contributed by atoms with Crippen LogP contribution in [0, 0.1) is 11.6 Å². The number of fused-ring (bicyclic) bond motifs is 2. The minimum atomic E-state index is -1.19. The van der Waals surface area contributed by atoms with E-state index >= 15 is 8.78 Å². The first-order valence-electron chi connectivity index (χ1n) is 21.6. The van der Waals surface area contributed by atoms with Gasteiger partial charge in [-0.2, -0.15) is 0 Å². The summed E-state index contributed by atoms with van der Waals surface area (Å²) < 4.78 is 51.2. The molecule has 8 aromatic rings. The van der Waals surface area contributed by atoms with E-state index in [0.717, 1.165) is 59.4 Å². The fraction of sp³-hybridized carbons (Fsp3) is 0.255. The number of aromatic nitrogens is 6. The van der Waals surface area contributed by atoms with Gasteiger partial charge in [0, 0.05) is 105 Å². The van der Waals surface area contributed by atoms with E-state index in [2.05, 4.69) is 40.2 Å². The smallest absolute Gasteiger partial charge is 0.233 e. The minimum absolute atomic E-state index is 0. The van der Waals surface area contributed by atoms with Gasteiger partial charge >= 0.3 is 0 Å². The molecule has 69 heavy (non-hydrogen) atoms. The summed E-state index contributed by atoms with van der Waals surface area (Å²) in [5, 5.41) is 39.4. The minimum Gasteiger partial charge on any atom is -0.480 e. The van der Waals surface area contributed by atoms with Gasteiger partial charge in [0.25, 0.3) is 0 Å². The van der Waals surface area contributed by atoms with Crippen LogP contribution in [-0.4, -0.2) is 107 Å². The molecule has 2 fully saturated rings. The van der Waals surface area contributed by atoms with E-state index < -0.39 is 23.8 Å². The zero-order valence-corrected chi connectivity index (χ0v) is 38.3. The van der Waals surface area contributed by atoms with Crippen molar-refractivity contribution in [1.82, 2.24) is 30.4 Å². The van der Waals surface area contributed by atoms with E-state index in [0.29, 0.717) is 71.6 Å². The van der Waals surface area contributed by atoms with Crippen molar-refractivity contribution in [2.75, 3.05) is 76.6 Å². The Balaban J connectivity index is 0.000000183. The number of hydrogen-bond donors (Lipinski definition) is 2. The van der Waals surface area contributed by atoms with Crippen LogP contribution in [0.2, 0.25) is 10.0 Å². The van der Waals surface area contributed by atoms with Gasteiger partial charge in [0.1, 0.15) is 23.8 Å². The van der Waals surface area contributed by atoms with Gasteiger partial charge in [0.15, 0.2) is 0 Å². The number of ether oxygens (including phenoxy) is 4. The highest BCUT2D eigenvalue weighted by molar-refractivity contribution is 6.32. The Labute approximate surface area is 407 Å². The van der Waals surface area contributed by atoms with Crippen LogP contribution < -0.4 is 19.3 Å². The summed E-state index contributed by atoms with van der Waals surface area (Å²) in [7, 11) is 2.96. The molecular formula is C51H48Cl2F2N8O6. The molecule has 0 radical (unpaired) electrons. The van der Waals surface area contributed by atoms with E-state index in [1.165, 1.54) is 26.4 Å². The van der Waals surface area contributed by atoms with E-state index in [1.54, 1.807) is 60.9 Å². The molecule has 6 heterocycles. The summed E-state index contributed by atoms with van der Waals surface area (Å²) in [6.45, 7) is 5.99. The van der Waals surface area contributed by atoms with Crippen molar-refractivity contribution in [1.29, 1.82) is 0 Å². The number of morpholine rings is 2. The predicted octanol–water partition coefficient (Wildman–Crippen LogP) is 9.46. The quantitative estimate of drug-likeness (QED) is 0.133. The van der Waals surface area contributed by atoms with E-state index in [9.17, 15) is 10.2 Å². The number of hydrogen-bond acceptors (Lipinski definition) is 14. The third kappa shape index (κ3) is 10.5. The SMILES string of the molecule is C.COc1ccc([C@@H](O)c2cc(-c3ccnc4cc(N5CCOCC5)ccc34)c(F)cc2Cl)nn1.COc1ccc([C@H](O)c2cc(-c3ccnc4cc(N5CCOCC5)ccc34)c(F)cc2Cl)nn1. The monoisotopic (exact) mass is 976 g/mol. The molecule has 2 aliphatic heterocycles. The van der Waals surface area contributed by atoms with E-state index in [4.69, 9.17) is 42.1 Å². The summed E-state index contributed by atoms with van der Waals surface area (Å²) in [6.07, 6.45) is 0.928. The maximum absolute atomic E-state index is 15.1. The Morgan fingerprint density at radius 1 is 0.536 bits per heavy atom. The first kappa shape index (κ1) is 48.8. The molecule has 4 aromatic carbocycles. The van der Waals surface area contributed by atoms with E-state index in [-0.39, 0.29) is 28.9 Å². The Kier molecular flexibility index (Phi) is 15.4. The zero-order valence-electron chi connectivity index (χ0n) is 36.8. The van der Waals surface area contributed by atoms with Gasteiger partial charge in [-0.1, -0.05) is 42.8 Å². The van der Waals surface area contributed by atoms with Gasteiger partial charge < -0.3 is 39.0 Å². The van der Waals surface area contributed by atoms with E-state index in [1.807, 2.05) is 36.4 Å². The Bertz CT molecular complexity index is 2870. The molecular weight excluding hydrogens is 930 g/mol. The Hall–Kier alpha value is -6.66. The van der Waals surface area contributed by atoms with Crippen molar-refractivity contribution in [2.24, 2.45) is 0 Å². The van der Waals surface area contributed by atoms with Gasteiger partial charge in [-0.05, 0) is 83.9 Å². The third-order valence-electron chi connectivity index (χ3n) is 11.8. The van der Waals surface area contributed by atoms with Crippen LogP contribution in [0.4, 0.5) is 20.2 Å². The fourth-order valence-electron chi connectivity index (χ4n) is 8.23. The number of anilines is 2. The number of rotatable bonds is 10. The van der Waals surface area contributed by atoms with Crippen LogP contribution in [0.3, 0.4) is 0 Å². The molecule has 4 aromatic heterocycles. The zero-order chi connectivity index (χ0) is 47.3. The largest absolute Gasteiger partial charge is 0.480 e. The van der Waals surface area contributed by atoms with Crippen LogP contribution >= 0.6 is 23.2 Å². The van der Waals surface area contributed by atoms with Crippen LogP contribution in [-0.2, 0) is 9.47 Å². The fourth-order valence-corrected chi connectivity index (χ4v) is 8.74. The first-order valence-corrected chi connectivity index (χ1v) is 22.4. The number of aliphatic hydroxyl groups is 2. The Morgan fingerprint density at radius 3 is 1.30 bits per heavy atom. The third-order valence-corrected chi connectivity index (χ3v) is 12.5. The predicted molar refractivity (Wildman–Crippen MR) is 262 cm³/mol. The summed E-state index contributed by atoms with van der Waals surface area (Å²) in [4.78, 5) is 13.5. The van der Waals surface area contributed by atoms with Gasteiger partial charge in [-0.25, -0.2) is 8.78 Å². The Morgan fingerprint density at radius 2 is 0.942 bits per heavy atom. The van der Waals surface area contributed by atoms with Gasteiger partial charge in [-0.3, -0.25) is 9.97 Å². The van der Waals surface area contributed by atoms with Crippen molar-refractivity contribution >= 4 is 56.4 Å². The molecule has 10 rings (SSSR count). The van der Waals surface area contributed by atoms with Crippen molar-refractivity contribution in [2.45, 2.75) is 19.6 Å². The highest BCUT2D eigenvalue weighted by atomic mass is 35.5. The molecule has 2 aliphatic rings. The number of methoxy groups -OCH3 is 2. The van der Waals surface area contributed by atoms with Crippen LogP contribution in [0.25, 0.3) is 44.1 Å². The number of halogens is 4. The van der Waals surface area contributed by atoms with Crippen LogP contribution in [0.1, 0.15) is 42.1 Å². The molecule has 356 valence electrons. The number of benzene rings is 4. The van der Waals surface area contributed by atoms with Gasteiger partial charge in [-0.15, -0.1) is 20.4 Å². The lowest BCUT2D eigenvalue weighted by Gasteiger charge is -2.29. The lowest BCUT2D eigenvalue weighted by Crippen LogP contribution is -2.36. The molecule has 0 spiro atoms. The van der Waals surface area contributed by atoms with Crippen LogP contribution in [0.5, 0.6) is 11.8 Å². The number of aliphatic hydroxyl groups excluding tert-OH is 2. The molecule has 0 saturated carbocycles. The molecule has 18 heteroatoms. The molecule has 0 bridgehead atoms. The molecule has 0 aliphatic carbocycles. The normalized spacial score (nSPS) is 14.7. The second-order valence-electron chi connectivity index (χ2n) is 15.8. The van der Waals surface area contributed by atoms with Crippen molar-refractivity contribution in [3.05, 3.63) is 154 Å². The maximum Gasteiger partial charge on any atom is 0.233 e. The second kappa shape index (κ2) is 21.7.